The molecule has 7 nitrogen and oxygen atoms in total. The van der Waals surface area contributed by atoms with Crippen LogP contribution >= 0.6 is 0 Å². The molecule has 2 aliphatic rings. The van der Waals surface area contributed by atoms with Gasteiger partial charge in [0.15, 0.2) is 0 Å². The summed E-state index contributed by atoms with van der Waals surface area (Å²) in [7, 11) is 0. The number of carbonyl (C=O) groups is 1. The monoisotopic (exact) mass is 355 g/mol. The van der Waals surface area contributed by atoms with Crippen molar-refractivity contribution in [2.24, 2.45) is 5.92 Å². The Balaban J connectivity index is 1.34. The van der Waals surface area contributed by atoms with E-state index in [1.807, 2.05) is 27.7 Å². The van der Waals surface area contributed by atoms with Gasteiger partial charge in [-0.1, -0.05) is 18.2 Å². The Morgan fingerprint density at radius 1 is 1.23 bits per heavy atom. The first-order chi connectivity index (χ1) is 12.7. The molecule has 2 N–H and O–H groups in total. The highest BCUT2D eigenvalue weighted by Gasteiger charge is 2.33. The molecule has 2 aromatic rings. The molecular weight excluding hydrogens is 330 g/mol. The summed E-state index contributed by atoms with van der Waals surface area (Å²) in [6.07, 6.45) is 4.72. The SMILES string of the molecule is O=C([C@@H]1C[C@@H](O)CN1)N1CCC(Cc2nncn2-c2ccccc2)CC1. The second-order valence-corrected chi connectivity index (χ2v) is 7.28. The molecule has 138 valence electrons. The van der Waals surface area contributed by atoms with Gasteiger partial charge in [0.05, 0.1) is 12.1 Å². The van der Waals surface area contributed by atoms with Gasteiger partial charge in [-0.05, 0) is 37.3 Å². The van der Waals surface area contributed by atoms with E-state index >= 15 is 0 Å². The average molecular weight is 355 g/mol. The number of nitrogens with one attached hydrogen (secondary N) is 1. The molecule has 1 aromatic heterocycles. The molecule has 1 aromatic carbocycles. The number of aromatic nitrogens is 3. The standard InChI is InChI=1S/C19H25N5O2/c25-16-11-17(20-12-16)19(26)23-8-6-14(7-9-23)10-18-22-21-13-24(18)15-4-2-1-3-5-15/h1-5,13-14,16-17,20,25H,6-12H2/t16-,17+/m1/s1. The van der Waals surface area contributed by atoms with Gasteiger partial charge in [-0.3, -0.25) is 9.36 Å². The van der Waals surface area contributed by atoms with Crippen molar-refractivity contribution in [2.45, 2.75) is 37.8 Å². The molecule has 2 aliphatic heterocycles. The summed E-state index contributed by atoms with van der Waals surface area (Å²) in [5, 5.41) is 21.1. The second kappa shape index (κ2) is 7.55. The number of aliphatic hydroxyl groups excluding tert-OH is 1. The van der Waals surface area contributed by atoms with Gasteiger partial charge in [0.25, 0.3) is 0 Å². The van der Waals surface area contributed by atoms with Crippen molar-refractivity contribution in [2.75, 3.05) is 19.6 Å². The lowest BCUT2D eigenvalue weighted by atomic mass is 9.92. The van der Waals surface area contributed by atoms with Crippen molar-refractivity contribution in [1.82, 2.24) is 25.0 Å². The largest absolute Gasteiger partial charge is 0.392 e. The number of hydrogen-bond donors (Lipinski definition) is 2. The molecule has 0 spiro atoms. The Bertz CT molecular complexity index is 739. The van der Waals surface area contributed by atoms with Crippen LogP contribution in [0.3, 0.4) is 0 Å². The van der Waals surface area contributed by atoms with Crippen LogP contribution < -0.4 is 5.32 Å². The quantitative estimate of drug-likeness (QED) is 0.847. The second-order valence-electron chi connectivity index (χ2n) is 7.28. The molecule has 26 heavy (non-hydrogen) atoms. The first-order valence-corrected chi connectivity index (χ1v) is 9.35. The van der Waals surface area contributed by atoms with E-state index in [2.05, 4.69) is 27.6 Å². The molecule has 0 unspecified atom stereocenters. The fraction of sp³-hybridized carbons (Fsp3) is 0.526. The summed E-state index contributed by atoms with van der Waals surface area (Å²) in [5.74, 6) is 1.61. The zero-order chi connectivity index (χ0) is 17.9. The molecule has 7 heteroatoms. The van der Waals surface area contributed by atoms with E-state index in [-0.39, 0.29) is 11.9 Å². The highest BCUT2D eigenvalue weighted by atomic mass is 16.3. The zero-order valence-electron chi connectivity index (χ0n) is 14.8. The number of likely N-dealkylation sites (tertiary alicyclic amines) is 1. The van der Waals surface area contributed by atoms with E-state index in [0.29, 0.717) is 18.9 Å². The molecule has 2 atom stereocenters. The van der Waals surface area contributed by atoms with E-state index in [0.717, 1.165) is 43.9 Å². The number of carbonyl (C=O) groups excluding carboxylic acids is 1. The van der Waals surface area contributed by atoms with Gasteiger partial charge in [0, 0.05) is 31.7 Å². The Morgan fingerprint density at radius 3 is 2.69 bits per heavy atom. The molecule has 3 heterocycles. The molecule has 0 bridgehead atoms. The van der Waals surface area contributed by atoms with Crippen LogP contribution in [0.2, 0.25) is 0 Å². The number of para-hydroxylation sites is 1. The number of β-amino-alcohol motifs (C(OH)–C–C–N with tert-alkyl or cyclic N) is 1. The predicted molar refractivity (Wildman–Crippen MR) is 96.8 cm³/mol. The molecule has 4 rings (SSSR count). The third kappa shape index (κ3) is 3.64. The smallest absolute Gasteiger partial charge is 0.239 e. The Labute approximate surface area is 153 Å². The van der Waals surface area contributed by atoms with Crippen LogP contribution in [-0.4, -0.2) is 62.5 Å². The van der Waals surface area contributed by atoms with Crippen molar-refractivity contribution >= 4 is 5.91 Å². The number of aliphatic hydroxyl groups is 1. The van der Waals surface area contributed by atoms with Gasteiger partial charge in [0.2, 0.25) is 5.91 Å². The summed E-state index contributed by atoms with van der Waals surface area (Å²) in [6, 6.07) is 9.91. The van der Waals surface area contributed by atoms with Crippen LogP contribution in [0.5, 0.6) is 0 Å². The molecule has 2 fully saturated rings. The van der Waals surface area contributed by atoms with Crippen molar-refractivity contribution in [1.29, 1.82) is 0 Å². The third-order valence-electron chi connectivity index (χ3n) is 5.46. The van der Waals surface area contributed by atoms with E-state index in [1.165, 1.54) is 0 Å². The molecule has 1 amide bonds. The van der Waals surface area contributed by atoms with Gasteiger partial charge in [0.1, 0.15) is 12.2 Å². The van der Waals surface area contributed by atoms with E-state index < -0.39 is 6.10 Å². The lowest BCUT2D eigenvalue weighted by Gasteiger charge is -2.33. The Kier molecular flexibility index (Phi) is 4.99. The van der Waals surface area contributed by atoms with Crippen molar-refractivity contribution in [3.8, 4) is 5.69 Å². The first-order valence-electron chi connectivity index (χ1n) is 9.35. The van der Waals surface area contributed by atoms with Gasteiger partial charge >= 0.3 is 0 Å². The first kappa shape index (κ1) is 17.2. The summed E-state index contributed by atoms with van der Waals surface area (Å²) in [4.78, 5) is 14.5. The van der Waals surface area contributed by atoms with Crippen molar-refractivity contribution in [3.05, 3.63) is 42.5 Å². The summed E-state index contributed by atoms with van der Waals surface area (Å²) < 4.78 is 2.04. The molecular formula is C19H25N5O2. The number of amides is 1. The third-order valence-corrected chi connectivity index (χ3v) is 5.46. The number of hydrogen-bond acceptors (Lipinski definition) is 5. The fourth-order valence-electron chi connectivity index (χ4n) is 3.94. The maximum absolute atomic E-state index is 12.5. The van der Waals surface area contributed by atoms with Crippen LogP contribution in [0, 0.1) is 5.92 Å². The lowest BCUT2D eigenvalue weighted by molar-refractivity contribution is -0.134. The molecule has 0 saturated carbocycles. The summed E-state index contributed by atoms with van der Waals surface area (Å²) >= 11 is 0. The molecule has 0 radical (unpaired) electrons. The zero-order valence-corrected chi connectivity index (χ0v) is 14.8. The van der Waals surface area contributed by atoms with E-state index in [9.17, 15) is 9.90 Å². The molecule has 2 saturated heterocycles. The van der Waals surface area contributed by atoms with Gasteiger partial charge in [-0.25, -0.2) is 0 Å². The Morgan fingerprint density at radius 2 is 2.00 bits per heavy atom. The highest BCUT2D eigenvalue weighted by molar-refractivity contribution is 5.82. The number of nitrogens with zero attached hydrogens (tertiary/aromatic N) is 4. The van der Waals surface area contributed by atoms with Gasteiger partial charge < -0.3 is 15.3 Å². The van der Waals surface area contributed by atoms with E-state index in [1.54, 1.807) is 6.33 Å². The number of benzene rings is 1. The number of piperidine rings is 1. The average Bonchev–Trinajstić information content (AvgIpc) is 3.31. The summed E-state index contributed by atoms with van der Waals surface area (Å²) in [6.45, 7) is 2.07. The van der Waals surface area contributed by atoms with Crippen LogP contribution in [-0.2, 0) is 11.2 Å². The lowest BCUT2D eigenvalue weighted by Crippen LogP contribution is -2.47. The minimum atomic E-state index is -0.397. The van der Waals surface area contributed by atoms with Crippen LogP contribution in [0.1, 0.15) is 25.1 Å². The van der Waals surface area contributed by atoms with Crippen molar-refractivity contribution < 1.29 is 9.90 Å². The minimum absolute atomic E-state index is 0.132. The van der Waals surface area contributed by atoms with Crippen LogP contribution in [0.4, 0.5) is 0 Å². The molecule has 0 aliphatic carbocycles. The fourth-order valence-corrected chi connectivity index (χ4v) is 3.94. The maximum Gasteiger partial charge on any atom is 0.239 e. The predicted octanol–water partition coefficient (Wildman–Crippen LogP) is 0.771. The van der Waals surface area contributed by atoms with Gasteiger partial charge in [-0.2, -0.15) is 0 Å². The van der Waals surface area contributed by atoms with Crippen LogP contribution in [0.25, 0.3) is 5.69 Å². The van der Waals surface area contributed by atoms with Crippen molar-refractivity contribution in [3.63, 3.8) is 0 Å². The van der Waals surface area contributed by atoms with E-state index in [4.69, 9.17) is 0 Å². The highest BCUT2D eigenvalue weighted by Crippen LogP contribution is 2.23. The minimum Gasteiger partial charge on any atom is -0.392 e. The van der Waals surface area contributed by atoms with Crippen LogP contribution in [0.15, 0.2) is 36.7 Å². The normalized spacial score (nSPS) is 24.1. The maximum atomic E-state index is 12.5. The van der Waals surface area contributed by atoms with Gasteiger partial charge in [-0.15, -0.1) is 10.2 Å². The number of rotatable bonds is 4. The summed E-state index contributed by atoms with van der Waals surface area (Å²) in [5.41, 5.74) is 1.07. The Hall–Kier alpha value is -2.25. The topological polar surface area (TPSA) is 83.3 Å².